The number of hydrogen-bond acceptors (Lipinski definition) is 7. The molecular weight excluding hydrogens is 539 g/mol. The van der Waals surface area contributed by atoms with Gasteiger partial charge >= 0.3 is 246 Å². The van der Waals surface area contributed by atoms with Crippen molar-refractivity contribution in [1.82, 2.24) is 0 Å². The van der Waals surface area contributed by atoms with E-state index in [0.29, 0.717) is 49.7 Å². The maximum absolute atomic E-state index is 10.4. The fourth-order valence-corrected chi connectivity index (χ4v) is 9.96. The number of phenolic OH excluding ortho intramolecular Hbond substituents is 2. The first-order chi connectivity index (χ1) is 19.4. The molecule has 3 aromatic rings. The summed E-state index contributed by atoms with van der Waals surface area (Å²) >= 11 is 0. The van der Waals surface area contributed by atoms with Gasteiger partial charge in [-0.05, 0) is 0 Å². The number of ether oxygens (including phenoxy) is 4. The molecule has 7 nitrogen and oxygen atoms in total. The van der Waals surface area contributed by atoms with Crippen LogP contribution in [0.1, 0.15) is 50.1 Å². The molecule has 0 amide bonds. The number of phenols is 2. The Balaban J connectivity index is 2.30. The molecule has 0 spiro atoms. The normalized spacial score (nSPS) is 12.8. The van der Waals surface area contributed by atoms with Gasteiger partial charge in [0.1, 0.15) is 0 Å². The van der Waals surface area contributed by atoms with Crippen molar-refractivity contribution in [2.45, 2.75) is 47.5 Å². The molecule has 2 N–H and O–H groups in total. The third-order valence-corrected chi connectivity index (χ3v) is 11.8. The van der Waals surface area contributed by atoms with Crippen LogP contribution in [0.25, 0.3) is 0 Å². The van der Waals surface area contributed by atoms with Crippen LogP contribution in [-0.2, 0) is 31.8 Å². The van der Waals surface area contributed by atoms with Gasteiger partial charge in [-0.15, -0.1) is 0 Å². The third-order valence-electron chi connectivity index (χ3n) is 7.45. The molecule has 0 unspecified atom stereocenters. The Morgan fingerprint density at radius 1 is 0.537 bits per heavy atom. The van der Waals surface area contributed by atoms with Crippen LogP contribution in [0.2, 0.25) is 0 Å². The van der Waals surface area contributed by atoms with Crippen LogP contribution in [0.3, 0.4) is 0 Å². The van der Waals surface area contributed by atoms with Gasteiger partial charge in [-0.25, -0.2) is 0 Å². The van der Waals surface area contributed by atoms with Crippen molar-refractivity contribution in [3.8, 4) is 17.2 Å². The average Bonchev–Trinajstić information content (AvgIpc) is 2.88. The first kappa shape index (κ1) is 32.8. The Hall–Kier alpha value is -2.67. The van der Waals surface area contributed by atoms with Crippen molar-refractivity contribution in [2.24, 2.45) is 0 Å². The SMILES string of the molecule is COCP(COC)(COC)(COC)Oc1c(Cc2cc(C)c(O)c(C)c2)cc(C)cc1Cc1cc(C)c(O)c(C)c1. The molecule has 0 saturated heterocycles. The molecule has 0 bridgehead atoms. The molecule has 0 saturated carbocycles. The number of methoxy groups -OCH3 is 4. The quantitative estimate of drug-likeness (QED) is 0.195. The average molecular weight is 587 g/mol. The van der Waals surface area contributed by atoms with Gasteiger partial charge < -0.3 is 0 Å². The molecule has 0 heterocycles. The molecule has 41 heavy (non-hydrogen) atoms. The summed E-state index contributed by atoms with van der Waals surface area (Å²) in [6.45, 7) is 6.32. The third kappa shape index (κ3) is 7.40. The molecule has 0 atom stereocenters. The number of benzene rings is 3. The van der Waals surface area contributed by atoms with Crippen molar-refractivity contribution < 1.29 is 33.7 Å². The van der Waals surface area contributed by atoms with Gasteiger partial charge in [0, 0.05) is 0 Å². The minimum absolute atomic E-state index is 0.294. The molecule has 0 fully saturated rings. The molecule has 3 rings (SSSR count). The summed E-state index contributed by atoms with van der Waals surface area (Å²) in [7, 11) is 6.64. The van der Waals surface area contributed by atoms with Gasteiger partial charge in [0.15, 0.2) is 0 Å². The van der Waals surface area contributed by atoms with E-state index in [1.807, 2.05) is 52.0 Å². The summed E-state index contributed by atoms with van der Waals surface area (Å²) in [5.74, 6) is 1.40. The Morgan fingerprint density at radius 2 is 0.854 bits per heavy atom. The maximum atomic E-state index is 10.4. The van der Waals surface area contributed by atoms with E-state index in [9.17, 15) is 10.2 Å². The Morgan fingerprint density at radius 3 is 1.15 bits per heavy atom. The Kier molecular flexibility index (Phi) is 10.8. The number of aromatic hydroxyl groups is 2. The first-order valence-electron chi connectivity index (χ1n) is 13.8. The molecule has 0 aliphatic rings. The fraction of sp³-hybridized carbons (Fsp3) is 0.455. The zero-order valence-electron chi connectivity index (χ0n) is 26.1. The van der Waals surface area contributed by atoms with Crippen molar-refractivity contribution in [3.63, 3.8) is 0 Å². The van der Waals surface area contributed by atoms with E-state index in [4.69, 9.17) is 23.5 Å². The summed E-state index contributed by atoms with van der Waals surface area (Å²) in [6, 6.07) is 12.4. The monoisotopic (exact) mass is 586 g/mol. The second-order valence-electron chi connectivity index (χ2n) is 11.5. The van der Waals surface area contributed by atoms with E-state index in [0.717, 1.165) is 55.8 Å². The van der Waals surface area contributed by atoms with Crippen LogP contribution in [0.15, 0.2) is 36.4 Å². The first-order valence-corrected chi connectivity index (χ1v) is 16.7. The zero-order chi connectivity index (χ0) is 30.4. The summed E-state index contributed by atoms with van der Waals surface area (Å²) in [6.07, 6.45) is 2.38. The van der Waals surface area contributed by atoms with Crippen LogP contribution in [0.5, 0.6) is 17.2 Å². The van der Waals surface area contributed by atoms with Gasteiger partial charge in [0.05, 0.1) is 0 Å². The number of rotatable bonds is 14. The standard InChI is InChI=1S/C33H47O7P/c1-22-10-29(16-27-12-23(2)31(34)24(3)13-27)33(30(11-22)17-28-14-25(4)32(35)26(5)15-28)40-41(18-36-6,19-37-7,20-38-8)21-39-9/h10-15,34-35H,16-21H2,1-9H3. The van der Waals surface area contributed by atoms with E-state index < -0.39 is 6.83 Å². The zero-order valence-corrected chi connectivity index (χ0v) is 27.0. The molecule has 3 aromatic carbocycles. The van der Waals surface area contributed by atoms with Crippen LogP contribution < -0.4 is 4.52 Å². The van der Waals surface area contributed by atoms with Crippen molar-refractivity contribution >= 4 is 6.83 Å². The topological polar surface area (TPSA) is 86.6 Å². The van der Waals surface area contributed by atoms with E-state index in [1.165, 1.54) is 0 Å². The van der Waals surface area contributed by atoms with Crippen LogP contribution in [-0.4, -0.2) is 64.0 Å². The number of aryl methyl sites for hydroxylation is 5. The fourth-order valence-electron chi connectivity index (χ4n) is 5.94. The molecule has 0 aliphatic carbocycles. The molecule has 0 radical (unpaired) electrons. The Bertz CT molecular complexity index is 1210. The van der Waals surface area contributed by atoms with E-state index in [2.05, 4.69) is 19.1 Å². The van der Waals surface area contributed by atoms with E-state index in [1.54, 1.807) is 28.4 Å². The van der Waals surface area contributed by atoms with Crippen molar-refractivity contribution in [3.05, 3.63) is 86.5 Å². The Labute approximate surface area is 245 Å². The van der Waals surface area contributed by atoms with E-state index in [-0.39, 0.29) is 0 Å². The summed E-state index contributed by atoms with van der Waals surface area (Å²) in [4.78, 5) is 0. The van der Waals surface area contributed by atoms with Gasteiger partial charge in [0.2, 0.25) is 0 Å². The van der Waals surface area contributed by atoms with Gasteiger partial charge in [-0.2, -0.15) is 0 Å². The molecule has 0 aliphatic heterocycles. The van der Waals surface area contributed by atoms with Gasteiger partial charge in [0.25, 0.3) is 0 Å². The second-order valence-corrected chi connectivity index (χ2v) is 16.5. The molecular formula is C33H47O7P. The van der Waals surface area contributed by atoms with Crippen LogP contribution in [0.4, 0.5) is 0 Å². The predicted octanol–water partition coefficient (Wildman–Crippen LogP) is 7.08. The molecule has 0 aromatic heterocycles. The van der Waals surface area contributed by atoms with E-state index >= 15 is 0 Å². The predicted molar refractivity (Wildman–Crippen MR) is 167 cm³/mol. The summed E-state index contributed by atoms with van der Waals surface area (Å²) in [5, 5.41) is 20.8. The van der Waals surface area contributed by atoms with Crippen molar-refractivity contribution in [1.29, 1.82) is 0 Å². The van der Waals surface area contributed by atoms with Crippen molar-refractivity contribution in [2.75, 3.05) is 53.8 Å². The summed E-state index contributed by atoms with van der Waals surface area (Å²) in [5.41, 5.74) is 8.64. The minimum atomic E-state index is -3.44. The van der Waals surface area contributed by atoms with Crippen LogP contribution in [0, 0.1) is 34.6 Å². The van der Waals surface area contributed by atoms with Gasteiger partial charge in [-0.3, -0.25) is 0 Å². The van der Waals surface area contributed by atoms with Crippen LogP contribution >= 0.6 is 6.83 Å². The molecule has 226 valence electrons. The number of hydrogen-bond donors (Lipinski definition) is 2. The molecule has 8 heteroatoms. The second kappa shape index (κ2) is 13.5. The van der Waals surface area contributed by atoms with Gasteiger partial charge in [-0.1, -0.05) is 0 Å². The summed E-state index contributed by atoms with van der Waals surface area (Å²) < 4.78 is 30.5.